The molecule has 0 bridgehead atoms. The highest BCUT2D eigenvalue weighted by atomic mass is 16.5. The van der Waals surface area contributed by atoms with Gasteiger partial charge in [0.2, 0.25) is 0 Å². The zero-order chi connectivity index (χ0) is 14.7. The number of ether oxygens (including phenoxy) is 1. The van der Waals surface area contributed by atoms with E-state index in [1.54, 1.807) is 12.0 Å². The summed E-state index contributed by atoms with van der Waals surface area (Å²) < 4.78 is 6.42. The maximum absolute atomic E-state index is 11.8. The summed E-state index contributed by atoms with van der Waals surface area (Å²) in [6.07, 6.45) is 1.37. The Balaban J connectivity index is 1.81. The third kappa shape index (κ3) is 3.05. The van der Waals surface area contributed by atoms with E-state index < -0.39 is 5.97 Å². The van der Waals surface area contributed by atoms with Crippen LogP contribution in [0, 0.1) is 0 Å². The minimum absolute atomic E-state index is 0.0286. The molecule has 1 aliphatic rings. The van der Waals surface area contributed by atoms with E-state index in [2.05, 4.69) is 15.6 Å². The van der Waals surface area contributed by atoms with Gasteiger partial charge in [0.25, 0.3) is 0 Å². The van der Waals surface area contributed by atoms with Crippen molar-refractivity contribution in [3.63, 3.8) is 0 Å². The van der Waals surface area contributed by atoms with Crippen molar-refractivity contribution < 1.29 is 19.4 Å². The van der Waals surface area contributed by atoms with E-state index in [1.807, 2.05) is 6.92 Å². The molecule has 2 N–H and O–H groups in total. The van der Waals surface area contributed by atoms with Gasteiger partial charge < -0.3 is 20.1 Å². The standard InChI is InChI=1S/C11H17N5O4/c1-7(6-20-2)12-11(19)15-3-8(4-15)16-5-9(10(17)18)13-14-16/h5,7-8H,3-4,6H2,1-2H3,(H,12,19)(H,17,18). The van der Waals surface area contributed by atoms with Crippen LogP contribution < -0.4 is 5.32 Å². The van der Waals surface area contributed by atoms with Gasteiger partial charge in [-0.25, -0.2) is 14.3 Å². The van der Waals surface area contributed by atoms with Crippen LogP contribution in [0.4, 0.5) is 4.79 Å². The molecule has 2 amide bonds. The Hall–Kier alpha value is -2.16. The van der Waals surface area contributed by atoms with Crippen molar-refractivity contribution in [3.8, 4) is 0 Å². The molecule has 0 saturated carbocycles. The number of hydrogen-bond donors (Lipinski definition) is 2. The summed E-state index contributed by atoms with van der Waals surface area (Å²) in [5, 5.41) is 18.8. The highest BCUT2D eigenvalue weighted by Gasteiger charge is 2.33. The van der Waals surface area contributed by atoms with Gasteiger partial charge in [-0.2, -0.15) is 0 Å². The molecule has 1 aliphatic heterocycles. The van der Waals surface area contributed by atoms with Gasteiger partial charge in [0, 0.05) is 20.2 Å². The van der Waals surface area contributed by atoms with Gasteiger partial charge in [0.1, 0.15) is 0 Å². The minimum atomic E-state index is -1.11. The van der Waals surface area contributed by atoms with E-state index in [1.165, 1.54) is 10.9 Å². The van der Waals surface area contributed by atoms with Crippen molar-refractivity contribution >= 4 is 12.0 Å². The Morgan fingerprint density at radius 1 is 1.60 bits per heavy atom. The third-order valence-electron chi connectivity index (χ3n) is 3.04. The fourth-order valence-electron chi connectivity index (χ4n) is 1.94. The second-order valence-corrected chi connectivity index (χ2v) is 4.75. The molecular formula is C11H17N5O4. The maximum Gasteiger partial charge on any atom is 0.358 e. The highest BCUT2D eigenvalue weighted by Crippen LogP contribution is 2.20. The summed E-state index contributed by atoms with van der Waals surface area (Å²) in [7, 11) is 1.58. The van der Waals surface area contributed by atoms with Crippen LogP contribution in [-0.2, 0) is 4.74 Å². The maximum atomic E-state index is 11.8. The molecule has 1 atom stereocenters. The zero-order valence-electron chi connectivity index (χ0n) is 11.3. The summed E-state index contributed by atoms with van der Waals surface area (Å²) >= 11 is 0. The number of rotatable bonds is 5. The Labute approximate surface area is 115 Å². The molecule has 0 spiro atoms. The first-order valence-electron chi connectivity index (χ1n) is 6.20. The van der Waals surface area contributed by atoms with Crippen molar-refractivity contribution in [2.24, 2.45) is 0 Å². The molecule has 1 fully saturated rings. The van der Waals surface area contributed by atoms with Gasteiger partial charge in [0.05, 0.1) is 24.9 Å². The molecule has 9 heteroatoms. The average Bonchev–Trinajstić information content (AvgIpc) is 2.76. The third-order valence-corrected chi connectivity index (χ3v) is 3.04. The van der Waals surface area contributed by atoms with Gasteiger partial charge in [-0.05, 0) is 6.92 Å². The number of urea groups is 1. The highest BCUT2D eigenvalue weighted by molar-refractivity contribution is 5.84. The normalized spacial score (nSPS) is 16.6. The number of likely N-dealkylation sites (tertiary alicyclic amines) is 1. The summed E-state index contributed by atoms with van der Waals surface area (Å²) in [6.45, 7) is 3.27. The number of carbonyl (C=O) groups excluding carboxylic acids is 1. The van der Waals surface area contributed by atoms with Crippen molar-refractivity contribution in [1.29, 1.82) is 0 Å². The number of carboxylic acids is 1. The summed E-state index contributed by atoms with van der Waals surface area (Å²) in [6, 6.07) is -0.250. The first kappa shape index (κ1) is 14.3. The number of aromatic nitrogens is 3. The molecule has 1 unspecified atom stereocenters. The predicted octanol–water partition coefficient (Wildman–Crippen LogP) is -0.422. The number of methoxy groups -OCH3 is 1. The SMILES string of the molecule is COCC(C)NC(=O)N1CC(n2cc(C(=O)O)nn2)C1. The Kier molecular flexibility index (Phi) is 4.18. The van der Waals surface area contributed by atoms with Crippen LogP contribution in [0.5, 0.6) is 0 Å². The van der Waals surface area contributed by atoms with Gasteiger partial charge >= 0.3 is 12.0 Å². The number of hydrogen-bond acceptors (Lipinski definition) is 5. The fourth-order valence-corrected chi connectivity index (χ4v) is 1.94. The molecule has 20 heavy (non-hydrogen) atoms. The number of carbonyl (C=O) groups is 2. The molecule has 110 valence electrons. The lowest BCUT2D eigenvalue weighted by molar-refractivity contribution is 0.0690. The van der Waals surface area contributed by atoms with Crippen LogP contribution in [0.2, 0.25) is 0 Å². The van der Waals surface area contributed by atoms with E-state index in [4.69, 9.17) is 9.84 Å². The molecule has 0 radical (unpaired) electrons. The van der Waals surface area contributed by atoms with Gasteiger partial charge in [-0.15, -0.1) is 5.10 Å². The largest absolute Gasteiger partial charge is 0.476 e. The number of nitrogens with zero attached hydrogens (tertiary/aromatic N) is 4. The molecule has 9 nitrogen and oxygen atoms in total. The van der Waals surface area contributed by atoms with Gasteiger partial charge in [-0.1, -0.05) is 5.21 Å². The second kappa shape index (κ2) is 5.87. The smallest absolute Gasteiger partial charge is 0.358 e. The first-order chi connectivity index (χ1) is 9.51. The second-order valence-electron chi connectivity index (χ2n) is 4.75. The summed E-state index contributed by atoms with van der Waals surface area (Å²) in [5.41, 5.74) is -0.0957. The van der Waals surface area contributed by atoms with Crippen LogP contribution in [-0.4, -0.2) is 69.8 Å². The topological polar surface area (TPSA) is 110 Å². The van der Waals surface area contributed by atoms with Gasteiger partial charge in [0.15, 0.2) is 5.69 Å². The fraction of sp³-hybridized carbons (Fsp3) is 0.636. The molecule has 2 rings (SSSR count). The molecule has 1 aromatic heterocycles. The molecule has 0 aliphatic carbocycles. The molecule has 1 aromatic rings. The summed E-state index contributed by atoms with van der Waals surface area (Å²) in [5.74, 6) is -1.11. The monoisotopic (exact) mass is 283 g/mol. The molecular weight excluding hydrogens is 266 g/mol. The van der Waals surface area contributed by atoms with Crippen molar-refractivity contribution in [2.75, 3.05) is 26.8 Å². The number of aromatic carboxylic acids is 1. The van der Waals surface area contributed by atoms with Crippen molar-refractivity contribution in [1.82, 2.24) is 25.2 Å². The van der Waals surface area contributed by atoms with E-state index in [9.17, 15) is 9.59 Å². The van der Waals surface area contributed by atoms with Gasteiger partial charge in [-0.3, -0.25) is 0 Å². The lowest BCUT2D eigenvalue weighted by atomic mass is 10.1. The number of nitrogens with one attached hydrogen (secondary N) is 1. The first-order valence-corrected chi connectivity index (χ1v) is 6.20. The average molecular weight is 283 g/mol. The quantitative estimate of drug-likeness (QED) is 0.759. The van der Waals surface area contributed by atoms with Crippen LogP contribution in [0.25, 0.3) is 0 Å². The molecule has 2 heterocycles. The van der Waals surface area contributed by atoms with E-state index >= 15 is 0 Å². The number of amides is 2. The molecule has 1 saturated heterocycles. The predicted molar refractivity (Wildman–Crippen MR) is 67.5 cm³/mol. The lowest BCUT2D eigenvalue weighted by Gasteiger charge is -2.39. The lowest BCUT2D eigenvalue weighted by Crippen LogP contribution is -2.56. The Bertz CT molecular complexity index is 497. The zero-order valence-corrected chi connectivity index (χ0v) is 11.3. The number of carboxylic acid groups (broad SMARTS) is 1. The molecule has 0 aromatic carbocycles. The van der Waals surface area contributed by atoms with E-state index in [0.717, 1.165) is 0 Å². The van der Waals surface area contributed by atoms with E-state index in [-0.39, 0.29) is 23.8 Å². The van der Waals surface area contributed by atoms with Crippen molar-refractivity contribution in [2.45, 2.75) is 19.0 Å². The Morgan fingerprint density at radius 2 is 2.30 bits per heavy atom. The van der Waals surface area contributed by atoms with Crippen molar-refractivity contribution in [3.05, 3.63) is 11.9 Å². The van der Waals surface area contributed by atoms with Crippen LogP contribution in [0.1, 0.15) is 23.5 Å². The van der Waals surface area contributed by atoms with E-state index in [0.29, 0.717) is 19.7 Å². The summed E-state index contributed by atoms with van der Waals surface area (Å²) in [4.78, 5) is 24.1. The Morgan fingerprint density at radius 3 is 2.85 bits per heavy atom. The minimum Gasteiger partial charge on any atom is -0.476 e. The van der Waals surface area contributed by atoms with Crippen LogP contribution in [0.15, 0.2) is 6.20 Å². The van der Waals surface area contributed by atoms with Crippen LogP contribution >= 0.6 is 0 Å². The van der Waals surface area contributed by atoms with Crippen LogP contribution in [0.3, 0.4) is 0 Å².